The minimum Gasteiger partial charge on any atom is -0.388 e. The van der Waals surface area contributed by atoms with Gasteiger partial charge in [-0.05, 0) is 13.8 Å². The fraction of sp³-hybridized carbons (Fsp3) is 1.00. The first-order valence-electron chi connectivity index (χ1n) is 4.04. The van der Waals surface area contributed by atoms with Crippen LogP contribution < -0.4 is 0 Å². The topological polar surface area (TPSA) is 38.7 Å². The summed E-state index contributed by atoms with van der Waals surface area (Å²) in [6.45, 7) is 5.05. The SMILES string of the molecule is CC12OCC[C@@]1(C)OC[C@@H]2O. The van der Waals surface area contributed by atoms with Crippen LogP contribution in [0.1, 0.15) is 20.3 Å². The molecule has 1 N–H and O–H groups in total. The summed E-state index contributed by atoms with van der Waals surface area (Å²) in [4.78, 5) is 0. The highest BCUT2D eigenvalue weighted by molar-refractivity contribution is 5.09. The van der Waals surface area contributed by atoms with E-state index in [2.05, 4.69) is 0 Å². The molecule has 3 heteroatoms. The largest absolute Gasteiger partial charge is 0.388 e. The highest BCUT2D eigenvalue weighted by Gasteiger charge is 2.60. The summed E-state index contributed by atoms with van der Waals surface area (Å²) in [6.07, 6.45) is 0.426. The average molecular weight is 158 g/mol. The van der Waals surface area contributed by atoms with Gasteiger partial charge in [0.1, 0.15) is 11.7 Å². The summed E-state index contributed by atoms with van der Waals surface area (Å²) in [5, 5.41) is 9.57. The fourth-order valence-electron chi connectivity index (χ4n) is 1.94. The molecule has 0 amide bonds. The number of aliphatic hydroxyl groups is 1. The van der Waals surface area contributed by atoms with Crippen molar-refractivity contribution < 1.29 is 14.6 Å². The zero-order valence-corrected chi connectivity index (χ0v) is 6.96. The van der Waals surface area contributed by atoms with Crippen molar-refractivity contribution in [2.45, 2.75) is 37.6 Å². The van der Waals surface area contributed by atoms with Crippen molar-refractivity contribution in [2.75, 3.05) is 13.2 Å². The number of fused-ring (bicyclic) bond motifs is 1. The molecule has 0 spiro atoms. The van der Waals surface area contributed by atoms with E-state index >= 15 is 0 Å². The van der Waals surface area contributed by atoms with Crippen LogP contribution in [0.3, 0.4) is 0 Å². The highest BCUT2D eigenvalue weighted by atomic mass is 16.6. The molecule has 2 fully saturated rings. The van der Waals surface area contributed by atoms with Crippen molar-refractivity contribution >= 4 is 0 Å². The molecule has 2 aliphatic heterocycles. The molecule has 3 nitrogen and oxygen atoms in total. The van der Waals surface area contributed by atoms with Gasteiger partial charge in [-0.1, -0.05) is 0 Å². The Labute approximate surface area is 66.3 Å². The lowest BCUT2D eigenvalue weighted by Crippen LogP contribution is -2.48. The van der Waals surface area contributed by atoms with Gasteiger partial charge in [-0.2, -0.15) is 0 Å². The number of hydrogen-bond acceptors (Lipinski definition) is 3. The standard InChI is InChI=1S/C8H14O3/c1-7-3-4-10-8(7,2)6(9)5-11-7/h6,9H,3-5H2,1-2H3/t6-,7+,8?/m0/s1. The van der Waals surface area contributed by atoms with Crippen LogP contribution >= 0.6 is 0 Å². The van der Waals surface area contributed by atoms with Gasteiger partial charge >= 0.3 is 0 Å². The molecule has 3 atom stereocenters. The maximum atomic E-state index is 9.57. The van der Waals surface area contributed by atoms with Crippen molar-refractivity contribution in [3.8, 4) is 0 Å². The smallest absolute Gasteiger partial charge is 0.122 e. The first kappa shape index (κ1) is 7.53. The Morgan fingerprint density at radius 3 is 2.73 bits per heavy atom. The summed E-state index contributed by atoms with van der Waals surface area (Å²) in [5.74, 6) is 0. The normalized spacial score (nSPS) is 56.5. The average Bonchev–Trinajstić information content (AvgIpc) is 2.34. The van der Waals surface area contributed by atoms with Crippen molar-refractivity contribution in [3.63, 3.8) is 0 Å². The summed E-state index contributed by atoms with van der Waals surface area (Å²) in [6, 6.07) is 0. The zero-order chi connectivity index (χ0) is 8.11. The lowest BCUT2D eigenvalue weighted by Gasteiger charge is -2.32. The molecule has 0 radical (unpaired) electrons. The Balaban J connectivity index is 2.33. The van der Waals surface area contributed by atoms with Crippen molar-refractivity contribution in [2.24, 2.45) is 0 Å². The van der Waals surface area contributed by atoms with E-state index in [1.54, 1.807) is 0 Å². The maximum absolute atomic E-state index is 9.57. The van der Waals surface area contributed by atoms with Crippen LogP contribution in [-0.4, -0.2) is 35.6 Å². The number of ether oxygens (including phenoxy) is 2. The van der Waals surface area contributed by atoms with Crippen LogP contribution in [0, 0.1) is 0 Å². The van der Waals surface area contributed by atoms with Gasteiger partial charge in [0.05, 0.1) is 18.8 Å². The lowest BCUT2D eigenvalue weighted by atomic mass is 9.84. The van der Waals surface area contributed by atoms with Crippen LogP contribution in [0.5, 0.6) is 0 Å². The summed E-state index contributed by atoms with van der Waals surface area (Å²) in [7, 11) is 0. The minimum atomic E-state index is -0.465. The second-order valence-electron chi connectivity index (χ2n) is 3.76. The van der Waals surface area contributed by atoms with Gasteiger partial charge in [0.25, 0.3) is 0 Å². The monoisotopic (exact) mass is 158 g/mol. The molecule has 0 aromatic rings. The van der Waals surface area contributed by atoms with Crippen LogP contribution in [0.25, 0.3) is 0 Å². The van der Waals surface area contributed by atoms with E-state index in [0.29, 0.717) is 13.2 Å². The van der Waals surface area contributed by atoms with E-state index < -0.39 is 11.7 Å². The van der Waals surface area contributed by atoms with Crippen LogP contribution in [-0.2, 0) is 9.47 Å². The molecular formula is C8H14O3. The first-order chi connectivity index (χ1) is 5.08. The Hall–Kier alpha value is -0.120. The maximum Gasteiger partial charge on any atom is 0.122 e. The molecular weight excluding hydrogens is 144 g/mol. The summed E-state index contributed by atoms with van der Waals surface area (Å²) in [5.41, 5.74) is -0.723. The molecule has 2 heterocycles. The third-order valence-electron chi connectivity index (χ3n) is 3.23. The number of aliphatic hydroxyl groups excluding tert-OH is 1. The lowest BCUT2D eigenvalue weighted by molar-refractivity contribution is -0.0935. The van der Waals surface area contributed by atoms with Gasteiger partial charge in [0.15, 0.2) is 0 Å². The third-order valence-corrected chi connectivity index (χ3v) is 3.23. The van der Waals surface area contributed by atoms with Gasteiger partial charge in [0.2, 0.25) is 0 Å². The van der Waals surface area contributed by atoms with Crippen molar-refractivity contribution in [1.29, 1.82) is 0 Å². The predicted molar refractivity (Wildman–Crippen MR) is 39.3 cm³/mol. The van der Waals surface area contributed by atoms with Crippen LogP contribution in [0.4, 0.5) is 0 Å². The second-order valence-corrected chi connectivity index (χ2v) is 3.76. The zero-order valence-electron chi connectivity index (χ0n) is 6.96. The molecule has 0 aromatic heterocycles. The second kappa shape index (κ2) is 1.97. The van der Waals surface area contributed by atoms with Gasteiger partial charge in [-0.15, -0.1) is 0 Å². The third kappa shape index (κ3) is 0.736. The number of hydrogen-bond donors (Lipinski definition) is 1. The van der Waals surface area contributed by atoms with E-state index in [0.717, 1.165) is 6.42 Å². The van der Waals surface area contributed by atoms with Gasteiger partial charge in [-0.3, -0.25) is 0 Å². The minimum absolute atomic E-state index is 0.258. The molecule has 0 saturated carbocycles. The van der Waals surface area contributed by atoms with Crippen LogP contribution in [0.2, 0.25) is 0 Å². The molecule has 2 saturated heterocycles. The summed E-state index contributed by atoms with van der Waals surface area (Å²) >= 11 is 0. The quantitative estimate of drug-likeness (QED) is 0.551. The van der Waals surface area contributed by atoms with Gasteiger partial charge < -0.3 is 14.6 Å². The fourth-order valence-corrected chi connectivity index (χ4v) is 1.94. The molecule has 0 aromatic carbocycles. The highest BCUT2D eigenvalue weighted by Crippen LogP contribution is 2.45. The van der Waals surface area contributed by atoms with E-state index in [-0.39, 0.29) is 5.60 Å². The molecule has 2 aliphatic rings. The molecule has 0 aliphatic carbocycles. The van der Waals surface area contributed by atoms with E-state index in [1.165, 1.54) is 0 Å². The van der Waals surface area contributed by atoms with Crippen molar-refractivity contribution in [1.82, 2.24) is 0 Å². The van der Waals surface area contributed by atoms with Crippen molar-refractivity contribution in [3.05, 3.63) is 0 Å². The molecule has 2 rings (SSSR count). The molecule has 11 heavy (non-hydrogen) atoms. The Morgan fingerprint density at radius 2 is 2.09 bits per heavy atom. The Morgan fingerprint density at radius 1 is 1.36 bits per heavy atom. The summed E-state index contributed by atoms with van der Waals surface area (Å²) < 4.78 is 11.0. The van der Waals surface area contributed by atoms with Crippen LogP contribution in [0.15, 0.2) is 0 Å². The molecule has 64 valence electrons. The van der Waals surface area contributed by atoms with Gasteiger partial charge in [0, 0.05) is 6.42 Å². The predicted octanol–water partition coefficient (Wildman–Crippen LogP) is 0.315. The number of rotatable bonds is 0. The van der Waals surface area contributed by atoms with E-state index in [1.807, 2.05) is 13.8 Å². The Bertz CT molecular complexity index is 182. The Kier molecular flexibility index (Phi) is 1.35. The van der Waals surface area contributed by atoms with E-state index in [9.17, 15) is 5.11 Å². The van der Waals surface area contributed by atoms with Gasteiger partial charge in [-0.25, -0.2) is 0 Å². The molecule has 1 unspecified atom stereocenters. The van der Waals surface area contributed by atoms with E-state index in [4.69, 9.17) is 9.47 Å². The first-order valence-corrected chi connectivity index (χ1v) is 4.04. The molecule has 0 bridgehead atoms.